The molecule has 0 aliphatic carbocycles. The van der Waals surface area contributed by atoms with Crippen LogP contribution in [0.15, 0.2) is 30.5 Å². The van der Waals surface area contributed by atoms with Crippen LogP contribution in [0.4, 0.5) is 0 Å². The van der Waals surface area contributed by atoms with Gasteiger partial charge in [0, 0.05) is 36.0 Å². The van der Waals surface area contributed by atoms with Gasteiger partial charge in [0.25, 0.3) is 0 Å². The maximum absolute atomic E-state index is 12.2. The minimum Gasteiger partial charge on any atom is -0.489 e. The van der Waals surface area contributed by atoms with Gasteiger partial charge < -0.3 is 19.4 Å². The van der Waals surface area contributed by atoms with Crippen LogP contribution in [0.25, 0.3) is 10.9 Å². The van der Waals surface area contributed by atoms with Crippen LogP contribution in [0.5, 0.6) is 5.75 Å². The van der Waals surface area contributed by atoms with Gasteiger partial charge in [-0.1, -0.05) is 19.9 Å². The van der Waals surface area contributed by atoms with Gasteiger partial charge in [-0.15, -0.1) is 0 Å². The number of hydrogen-bond acceptors (Lipinski definition) is 4. The van der Waals surface area contributed by atoms with Gasteiger partial charge in [0.1, 0.15) is 12.4 Å². The van der Waals surface area contributed by atoms with E-state index in [-0.39, 0.29) is 30.9 Å². The monoisotopic (exact) mass is 360 g/mol. The number of rotatable bonds is 9. The first-order valence-electron chi connectivity index (χ1n) is 9.14. The van der Waals surface area contributed by atoms with Crippen molar-refractivity contribution in [3.63, 3.8) is 0 Å². The lowest BCUT2D eigenvalue weighted by Gasteiger charge is -2.30. The Morgan fingerprint density at radius 2 is 1.92 bits per heavy atom. The minimum atomic E-state index is -0.519. The third-order valence-corrected chi connectivity index (χ3v) is 4.21. The van der Waals surface area contributed by atoms with Crippen molar-refractivity contribution in [2.24, 2.45) is 0 Å². The van der Waals surface area contributed by atoms with E-state index in [4.69, 9.17) is 9.47 Å². The molecule has 0 saturated carbocycles. The molecule has 0 fully saturated rings. The molecule has 0 aliphatic rings. The number of aromatic amines is 1. The molecule has 2 rings (SSSR count). The highest BCUT2D eigenvalue weighted by Crippen LogP contribution is 2.24. The van der Waals surface area contributed by atoms with E-state index in [0.29, 0.717) is 13.0 Å². The molecule has 1 atom stereocenters. The molecule has 2 aromatic rings. The van der Waals surface area contributed by atoms with Crippen LogP contribution in [0, 0.1) is 0 Å². The van der Waals surface area contributed by atoms with Crippen LogP contribution in [-0.2, 0) is 14.3 Å². The van der Waals surface area contributed by atoms with Crippen LogP contribution in [-0.4, -0.2) is 47.1 Å². The quantitative estimate of drug-likeness (QED) is 0.695. The summed E-state index contributed by atoms with van der Waals surface area (Å²) in [6, 6.07) is 7.73. The number of hydrogen-bond donors (Lipinski definition) is 1. The third-order valence-electron chi connectivity index (χ3n) is 4.21. The normalized spacial score (nSPS) is 12.2. The van der Waals surface area contributed by atoms with Gasteiger partial charge >= 0.3 is 5.97 Å². The predicted octanol–water partition coefficient (Wildman–Crippen LogP) is 3.52. The van der Waals surface area contributed by atoms with Gasteiger partial charge in [-0.05, 0) is 32.0 Å². The largest absolute Gasteiger partial charge is 0.489 e. The van der Waals surface area contributed by atoms with Crippen LogP contribution >= 0.6 is 0 Å². The molecule has 1 aromatic heterocycles. The minimum absolute atomic E-state index is 0.0263. The number of carbonyl (C=O) groups is 2. The number of amides is 1. The molecule has 0 bridgehead atoms. The van der Waals surface area contributed by atoms with Crippen molar-refractivity contribution >= 4 is 22.8 Å². The van der Waals surface area contributed by atoms with Crippen molar-refractivity contribution in [3.8, 4) is 5.75 Å². The summed E-state index contributed by atoms with van der Waals surface area (Å²) in [7, 11) is 0. The number of nitrogens with zero attached hydrogens (tertiary/aromatic N) is 1. The van der Waals surface area contributed by atoms with Crippen molar-refractivity contribution in [3.05, 3.63) is 30.5 Å². The number of benzene rings is 1. The first kappa shape index (κ1) is 19.8. The summed E-state index contributed by atoms with van der Waals surface area (Å²) in [5, 5.41) is 0.971. The molecule has 0 radical (unpaired) electrons. The zero-order valence-corrected chi connectivity index (χ0v) is 16.0. The molecular weight excluding hydrogens is 332 g/mol. The smallest absolute Gasteiger partial charge is 0.305 e. The van der Waals surface area contributed by atoms with E-state index < -0.39 is 6.10 Å². The fourth-order valence-electron chi connectivity index (χ4n) is 2.78. The van der Waals surface area contributed by atoms with E-state index in [9.17, 15) is 9.59 Å². The molecule has 6 heteroatoms. The lowest BCUT2D eigenvalue weighted by Crippen LogP contribution is -2.45. The Labute approximate surface area is 154 Å². The van der Waals surface area contributed by atoms with Crippen LogP contribution in [0.1, 0.15) is 40.5 Å². The van der Waals surface area contributed by atoms with E-state index in [0.717, 1.165) is 16.7 Å². The number of fused-ring (bicyclic) bond motifs is 1. The highest BCUT2D eigenvalue weighted by molar-refractivity contribution is 5.85. The summed E-state index contributed by atoms with van der Waals surface area (Å²) in [6.07, 6.45) is 2.03. The maximum Gasteiger partial charge on any atom is 0.305 e. The van der Waals surface area contributed by atoms with E-state index in [1.165, 1.54) is 0 Å². The summed E-state index contributed by atoms with van der Waals surface area (Å²) in [4.78, 5) is 28.9. The number of H-pyrrole nitrogens is 1. The molecule has 142 valence electrons. The summed E-state index contributed by atoms with van der Waals surface area (Å²) in [6.45, 7) is 7.99. The van der Waals surface area contributed by atoms with Gasteiger partial charge in [0.05, 0.1) is 6.54 Å². The number of aromatic nitrogens is 1. The zero-order chi connectivity index (χ0) is 19.1. The van der Waals surface area contributed by atoms with Gasteiger partial charge in [-0.3, -0.25) is 9.59 Å². The molecule has 0 aliphatic heterocycles. The van der Waals surface area contributed by atoms with Crippen LogP contribution in [0.2, 0.25) is 0 Å². The van der Waals surface area contributed by atoms with Crippen molar-refractivity contribution < 1.29 is 19.1 Å². The second-order valence-corrected chi connectivity index (χ2v) is 6.46. The van der Waals surface area contributed by atoms with Crippen molar-refractivity contribution in [2.45, 2.75) is 52.7 Å². The van der Waals surface area contributed by atoms with Gasteiger partial charge in [-0.25, -0.2) is 0 Å². The fourth-order valence-corrected chi connectivity index (χ4v) is 2.78. The Kier molecular flexibility index (Phi) is 7.06. The van der Waals surface area contributed by atoms with Gasteiger partial charge in [-0.2, -0.15) is 0 Å². The molecule has 6 nitrogen and oxygen atoms in total. The Balaban J connectivity index is 2.12. The van der Waals surface area contributed by atoms with E-state index in [1.807, 2.05) is 51.2 Å². The van der Waals surface area contributed by atoms with Crippen molar-refractivity contribution in [1.29, 1.82) is 0 Å². The fraction of sp³-hybridized carbons (Fsp3) is 0.500. The molecule has 1 aromatic carbocycles. The molecule has 1 heterocycles. The summed E-state index contributed by atoms with van der Waals surface area (Å²) in [5.41, 5.74) is 0.981. The maximum atomic E-state index is 12.2. The summed E-state index contributed by atoms with van der Waals surface area (Å²) < 4.78 is 11.5. The summed E-state index contributed by atoms with van der Waals surface area (Å²) >= 11 is 0. The Morgan fingerprint density at radius 3 is 2.58 bits per heavy atom. The second kappa shape index (κ2) is 9.27. The summed E-state index contributed by atoms with van der Waals surface area (Å²) in [5.74, 6) is 0.454. The van der Waals surface area contributed by atoms with Crippen molar-refractivity contribution in [1.82, 2.24) is 9.88 Å². The van der Waals surface area contributed by atoms with Crippen LogP contribution < -0.4 is 4.74 Å². The van der Waals surface area contributed by atoms with Crippen molar-refractivity contribution in [2.75, 3.05) is 13.2 Å². The number of ether oxygens (including phenoxy) is 2. The number of nitrogens with one attached hydrogen (secondary N) is 1. The first-order chi connectivity index (χ1) is 12.5. The Hall–Kier alpha value is -2.50. The zero-order valence-electron chi connectivity index (χ0n) is 16.0. The highest BCUT2D eigenvalue weighted by Gasteiger charge is 2.23. The standard InChI is InChI=1S/C20H28N2O4/c1-5-19(23)22(14(3)4)12-15(26-20(24)6-2)13-25-18-9-7-8-17-16(18)10-11-21-17/h7-11,14-15,21H,5-6,12-13H2,1-4H3. The average molecular weight is 360 g/mol. The highest BCUT2D eigenvalue weighted by atomic mass is 16.6. The van der Waals surface area contributed by atoms with Gasteiger partial charge in [0.2, 0.25) is 5.91 Å². The topological polar surface area (TPSA) is 71.6 Å². The van der Waals surface area contributed by atoms with E-state index in [1.54, 1.807) is 11.8 Å². The SMILES string of the molecule is CCC(=O)OC(COc1cccc2[nH]ccc12)CN(C(=O)CC)C(C)C. The third kappa shape index (κ3) is 5.00. The lowest BCUT2D eigenvalue weighted by molar-refractivity contribution is -0.154. The molecule has 1 amide bonds. The predicted molar refractivity (Wildman–Crippen MR) is 101 cm³/mol. The molecule has 1 N–H and O–H groups in total. The Bertz CT molecular complexity index is 738. The number of esters is 1. The van der Waals surface area contributed by atoms with Gasteiger partial charge in [0.15, 0.2) is 6.10 Å². The molecule has 0 spiro atoms. The molecular formula is C20H28N2O4. The first-order valence-corrected chi connectivity index (χ1v) is 9.14. The lowest BCUT2D eigenvalue weighted by atomic mass is 10.2. The Morgan fingerprint density at radius 1 is 1.15 bits per heavy atom. The van der Waals surface area contributed by atoms with E-state index >= 15 is 0 Å². The molecule has 1 unspecified atom stereocenters. The molecule has 26 heavy (non-hydrogen) atoms. The molecule has 0 saturated heterocycles. The average Bonchev–Trinajstić information content (AvgIpc) is 3.12. The second-order valence-electron chi connectivity index (χ2n) is 6.46. The number of carbonyl (C=O) groups excluding carboxylic acids is 2. The van der Waals surface area contributed by atoms with E-state index in [2.05, 4.69) is 4.98 Å². The van der Waals surface area contributed by atoms with Crippen LogP contribution in [0.3, 0.4) is 0 Å².